The van der Waals surface area contributed by atoms with E-state index in [0.29, 0.717) is 0 Å². The lowest BCUT2D eigenvalue weighted by molar-refractivity contribution is 0.360. The molecule has 0 spiro atoms. The molecule has 0 aliphatic carbocycles. The molecule has 1 aromatic carbocycles. The number of anilines is 1. The van der Waals surface area contributed by atoms with Gasteiger partial charge in [0.2, 0.25) is 0 Å². The molecule has 0 radical (unpaired) electrons. The van der Waals surface area contributed by atoms with Crippen molar-refractivity contribution in [3.8, 4) is 0 Å². The van der Waals surface area contributed by atoms with Crippen LogP contribution >= 0.6 is 0 Å². The largest absolute Gasteiger partial charge is 0.292 e. The molecule has 0 bridgehead atoms. The van der Waals surface area contributed by atoms with Gasteiger partial charge in [-0.05, 0) is 12.1 Å². The van der Waals surface area contributed by atoms with Crippen LogP contribution in [0.4, 0.5) is 5.69 Å². The zero-order valence-corrected chi connectivity index (χ0v) is 5.49. The lowest BCUT2D eigenvalue weighted by atomic mass is 10.3. The fraction of sp³-hybridized carbons (Fsp3) is 0. The van der Waals surface area contributed by atoms with Crippen molar-refractivity contribution in [3.05, 3.63) is 30.3 Å². The monoisotopic (exact) mass is 138 g/mol. The number of benzene rings is 1. The fourth-order valence-corrected chi connectivity index (χ4v) is 0.662. The Morgan fingerprint density at radius 3 is 2.20 bits per heavy atom. The molecule has 0 atom stereocenters. The Bertz CT molecular complexity index is 184. The van der Waals surface area contributed by atoms with Crippen molar-refractivity contribution in [2.45, 2.75) is 0 Å². The predicted octanol–water partition coefficient (Wildman–Crippen LogP) is 0.0629. The average molecular weight is 138 g/mol. The highest BCUT2D eigenvalue weighted by atomic mass is 15.8. The average Bonchev–Trinajstić information content (AvgIpc) is 1.88. The molecule has 1 aromatic rings. The molecule has 5 N–H and O–H groups in total. The normalized spacial score (nSPS) is 9.90. The summed E-state index contributed by atoms with van der Waals surface area (Å²) in [5, 5.41) is 0.912. The van der Waals surface area contributed by atoms with Gasteiger partial charge in [0, 0.05) is 0 Å². The lowest BCUT2D eigenvalue weighted by Crippen LogP contribution is -2.42. The third kappa shape index (κ3) is 2.02. The van der Waals surface area contributed by atoms with E-state index >= 15 is 0 Å². The van der Waals surface area contributed by atoms with Crippen molar-refractivity contribution >= 4 is 5.69 Å². The van der Waals surface area contributed by atoms with Crippen LogP contribution in [-0.2, 0) is 0 Å². The van der Waals surface area contributed by atoms with Crippen LogP contribution in [0.15, 0.2) is 30.3 Å². The number of hydrazine groups is 3. The quantitative estimate of drug-likeness (QED) is 0.399. The van der Waals surface area contributed by atoms with Crippen molar-refractivity contribution in [1.82, 2.24) is 5.23 Å². The van der Waals surface area contributed by atoms with Crippen molar-refractivity contribution in [2.75, 3.05) is 5.43 Å². The second-order valence-corrected chi connectivity index (χ2v) is 1.89. The molecule has 0 unspecified atom stereocenters. The van der Waals surface area contributed by atoms with Crippen molar-refractivity contribution < 1.29 is 0 Å². The second kappa shape index (κ2) is 3.17. The maximum Gasteiger partial charge on any atom is 0.0517 e. The van der Waals surface area contributed by atoms with Gasteiger partial charge in [-0.1, -0.05) is 23.4 Å². The van der Waals surface area contributed by atoms with Gasteiger partial charge in [0.15, 0.2) is 0 Å². The maximum absolute atomic E-state index is 5.12. The van der Waals surface area contributed by atoms with E-state index in [2.05, 4.69) is 5.43 Å². The van der Waals surface area contributed by atoms with Gasteiger partial charge >= 0.3 is 0 Å². The third-order valence-electron chi connectivity index (χ3n) is 1.03. The van der Waals surface area contributed by atoms with Gasteiger partial charge in [0.05, 0.1) is 5.69 Å². The first-order valence-corrected chi connectivity index (χ1v) is 2.90. The first-order valence-electron chi connectivity index (χ1n) is 2.90. The molecule has 0 aliphatic rings. The topological polar surface area (TPSA) is 67.3 Å². The van der Waals surface area contributed by atoms with Gasteiger partial charge in [-0.2, -0.15) is 0 Å². The summed E-state index contributed by atoms with van der Waals surface area (Å²) in [5.74, 6) is 10.2. The molecule has 4 heteroatoms. The molecule has 0 saturated carbocycles. The van der Waals surface area contributed by atoms with E-state index in [4.69, 9.17) is 11.7 Å². The van der Waals surface area contributed by atoms with Crippen molar-refractivity contribution in [1.29, 1.82) is 0 Å². The second-order valence-electron chi connectivity index (χ2n) is 1.89. The van der Waals surface area contributed by atoms with Gasteiger partial charge in [0.25, 0.3) is 0 Å². The molecule has 1 rings (SSSR count). The van der Waals surface area contributed by atoms with Crippen molar-refractivity contribution in [2.24, 2.45) is 11.7 Å². The van der Waals surface area contributed by atoms with Crippen LogP contribution in [0.2, 0.25) is 0 Å². The zero-order chi connectivity index (χ0) is 7.40. The highest BCUT2D eigenvalue weighted by Gasteiger charge is 1.88. The smallest absolute Gasteiger partial charge is 0.0517 e. The maximum atomic E-state index is 5.12. The summed E-state index contributed by atoms with van der Waals surface area (Å²) in [7, 11) is 0. The van der Waals surface area contributed by atoms with Gasteiger partial charge in [-0.15, -0.1) is 0 Å². The number of nitrogens with one attached hydrogen (secondary N) is 1. The highest BCUT2D eigenvalue weighted by molar-refractivity contribution is 5.40. The first kappa shape index (κ1) is 7.01. The Morgan fingerprint density at radius 2 is 1.70 bits per heavy atom. The van der Waals surface area contributed by atoms with Gasteiger partial charge in [-0.25, -0.2) is 11.7 Å². The zero-order valence-electron chi connectivity index (χ0n) is 5.49. The first-order chi connectivity index (χ1) is 4.79. The molecule has 0 fully saturated rings. The minimum absolute atomic E-state index is 0.868. The van der Waals surface area contributed by atoms with Crippen LogP contribution in [0.3, 0.4) is 0 Å². The molecule has 4 nitrogen and oxygen atoms in total. The van der Waals surface area contributed by atoms with E-state index in [1.165, 1.54) is 0 Å². The Balaban J connectivity index is 2.59. The summed E-state index contributed by atoms with van der Waals surface area (Å²) < 4.78 is 0. The summed E-state index contributed by atoms with van der Waals surface area (Å²) in [4.78, 5) is 0. The van der Waals surface area contributed by atoms with Crippen LogP contribution < -0.4 is 17.1 Å². The highest BCUT2D eigenvalue weighted by Crippen LogP contribution is 2.02. The summed E-state index contributed by atoms with van der Waals surface area (Å²) in [6.45, 7) is 0. The summed E-state index contributed by atoms with van der Waals surface area (Å²) >= 11 is 0. The Morgan fingerprint density at radius 1 is 1.10 bits per heavy atom. The molecular formula is C6H10N4. The third-order valence-corrected chi connectivity index (χ3v) is 1.03. The molecule has 0 aromatic heterocycles. The van der Waals surface area contributed by atoms with E-state index in [-0.39, 0.29) is 0 Å². The number of para-hydroxylation sites is 1. The molecule has 0 saturated heterocycles. The van der Waals surface area contributed by atoms with Gasteiger partial charge in [-0.3, -0.25) is 5.43 Å². The Labute approximate surface area is 59.3 Å². The van der Waals surface area contributed by atoms with Crippen LogP contribution in [0.25, 0.3) is 0 Å². The standard InChI is InChI=1S/C6H10N4/c7-10(8)9-6-4-2-1-3-5-6/h1-5,9H,7-8H2. The molecule has 10 heavy (non-hydrogen) atoms. The van der Waals surface area contributed by atoms with Gasteiger partial charge < -0.3 is 0 Å². The van der Waals surface area contributed by atoms with E-state index in [0.717, 1.165) is 10.9 Å². The van der Waals surface area contributed by atoms with Crippen LogP contribution in [0.1, 0.15) is 0 Å². The van der Waals surface area contributed by atoms with Crippen LogP contribution in [0, 0.1) is 0 Å². The SMILES string of the molecule is NN(N)Nc1ccccc1. The molecule has 0 heterocycles. The van der Waals surface area contributed by atoms with Crippen LogP contribution in [0.5, 0.6) is 0 Å². The minimum Gasteiger partial charge on any atom is -0.292 e. The Hall–Kier alpha value is -1.10. The summed E-state index contributed by atoms with van der Waals surface area (Å²) in [5.41, 5.74) is 3.56. The van der Waals surface area contributed by atoms with E-state index in [9.17, 15) is 0 Å². The fourth-order valence-electron chi connectivity index (χ4n) is 0.662. The lowest BCUT2D eigenvalue weighted by Gasteiger charge is -2.11. The van der Waals surface area contributed by atoms with Crippen molar-refractivity contribution in [3.63, 3.8) is 0 Å². The number of hydrogen-bond acceptors (Lipinski definition) is 4. The summed E-state index contributed by atoms with van der Waals surface area (Å²) in [6, 6.07) is 9.44. The number of hydrogen-bond donors (Lipinski definition) is 3. The van der Waals surface area contributed by atoms with E-state index in [1.807, 2.05) is 30.3 Å². The summed E-state index contributed by atoms with van der Waals surface area (Å²) in [6.07, 6.45) is 0. The molecule has 0 amide bonds. The molecular weight excluding hydrogens is 128 g/mol. The number of nitrogens with zero attached hydrogens (tertiary/aromatic N) is 1. The number of rotatable bonds is 2. The van der Waals surface area contributed by atoms with Crippen LogP contribution in [-0.4, -0.2) is 5.23 Å². The Kier molecular flexibility index (Phi) is 2.22. The predicted molar refractivity (Wildman–Crippen MR) is 40.3 cm³/mol. The van der Waals surface area contributed by atoms with E-state index < -0.39 is 0 Å². The van der Waals surface area contributed by atoms with Gasteiger partial charge in [0.1, 0.15) is 0 Å². The number of nitrogens with two attached hydrogens (primary N) is 2. The van der Waals surface area contributed by atoms with E-state index in [1.54, 1.807) is 0 Å². The minimum atomic E-state index is 0.868. The molecule has 54 valence electrons. The molecule has 0 aliphatic heterocycles.